The Bertz CT molecular complexity index is 446. The lowest BCUT2D eigenvalue weighted by molar-refractivity contribution is 0.0923. The first-order valence-corrected chi connectivity index (χ1v) is 7.80. The summed E-state index contributed by atoms with van der Waals surface area (Å²) in [4.78, 5) is 2.33. The topological polar surface area (TPSA) is 41.9 Å². The van der Waals surface area contributed by atoms with E-state index >= 15 is 0 Å². The fraction of sp³-hybridized carbons (Fsp3) is 0.647. The molecule has 1 aromatic rings. The van der Waals surface area contributed by atoms with Crippen molar-refractivity contribution in [3.8, 4) is 11.5 Å². The zero-order valence-corrected chi connectivity index (χ0v) is 13.3. The number of ether oxygens (including phenoxy) is 2. The van der Waals surface area contributed by atoms with Gasteiger partial charge in [-0.1, -0.05) is 13.3 Å². The van der Waals surface area contributed by atoms with E-state index < -0.39 is 6.10 Å². The molecule has 0 aliphatic heterocycles. The van der Waals surface area contributed by atoms with Crippen molar-refractivity contribution in [2.75, 3.05) is 33.9 Å². The molecule has 0 bridgehead atoms. The second kappa shape index (κ2) is 7.66. The van der Waals surface area contributed by atoms with E-state index in [1.165, 1.54) is 19.3 Å². The quantitative estimate of drug-likeness (QED) is 0.800. The summed E-state index contributed by atoms with van der Waals surface area (Å²) in [5, 5.41) is 10.5. The molecule has 1 atom stereocenters. The third-order valence-electron chi connectivity index (χ3n) is 4.42. The van der Waals surface area contributed by atoms with Crippen molar-refractivity contribution in [1.29, 1.82) is 0 Å². The van der Waals surface area contributed by atoms with Gasteiger partial charge in [0.15, 0.2) is 0 Å². The molecular formula is C17H27NO3. The molecule has 1 aliphatic rings. The first kappa shape index (κ1) is 16.1. The van der Waals surface area contributed by atoms with Crippen molar-refractivity contribution in [1.82, 2.24) is 4.90 Å². The summed E-state index contributed by atoms with van der Waals surface area (Å²) in [6, 6.07) is 5.57. The lowest BCUT2D eigenvalue weighted by atomic mass is 9.85. The van der Waals surface area contributed by atoms with Crippen LogP contribution in [0.2, 0.25) is 0 Å². The van der Waals surface area contributed by atoms with E-state index in [9.17, 15) is 5.11 Å². The summed E-state index contributed by atoms with van der Waals surface area (Å²) < 4.78 is 10.6. The lowest BCUT2D eigenvalue weighted by Gasteiger charge is -2.33. The molecule has 1 fully saturated rings. The van der Waals surface area contributed by atoms with Crippen LogP contribution in [0, 0.1) is 5.92 Å². The molecule has 1 aliphatic carbocycles. The third-order valence-corrected chi connectivity index (χ3v) is 4.42. The summed E-state index contributed by atoms with van der Waals surface area (Å²) in [6.07, 6.45) is 3.49. The van der Waals surface area contributed by atoms with Crippen LogP contribution in [0.1, 0.15) is 37.9 Å². The molecule has 1 unspecified atom stereocenters. The van der Waals surface area contributed by atoms with Crippen LogP contribution in [-0.2, 0) is 0 Å². The van der Waals surface area contributed by atoms with Gasteiger partial charge in [-0.15, -0.1) is 0 Å². The van der Waals surface area contributed by atoms with Crippen LogP contribution in [0.15, 0.2) is 18.2 Å². The standard InChI is InChI=1S/C17H27NO3/c1-4-18(11-13-6-5-7-13)12-16(19)15-9-8-14(20-2)10-17(15)21-3/h8-10,13,16,19H,4-7,11-12H2,1-3H3. The maximum atomic E-state index is 10.5. The van der Waals surface area contributed by atoms with Crippen LogP contribution in [0.5, 0.6) is 11.5 Å². The highest BCUT2D eigenvalue weighted by Crippen LogP contribution is 2.31. The van der Waals surface area contributed by atoms with E-state index in [1.807, 2.05) is 18.2 Å². The normalized spacial score (nSPS) is 16.6. The van der Waals surface area contributed by atoms with Crippen molar-refractivity contribution in [3.05, 3.63) is 23.8 Å². The Morgan fingerprint density at radius 2 is 2.05 bits per heavy atom. The number of nitrogens with zero attached hydrogens (tertiary/aromatic N) is 1. The lowest BCUT2D eigenvalue weighted by Crippen LogP contribution is -2.35. The van der Waals surface area contributed by atoms with Gasteiger partial charge in [-0.05, 0) is 37.4 Å². The van der Waals surface area contributed by atoms with Crippen molar-refractivity contribution < 1.29 is 14.6 Å². The maximum Gasteiger partial charge on any atom is 0.128 e. The fourth-order valence-corrected chi connectivity index (χ4v) is 2.81. The van der Waals surface area contributed by atoms with E-state index in [4.69, 9.17) is 9.47 Å². The van der Waals surface area contributed by atoms with E-state index in [2.05, 4.69) is 11.8 Å². The number of methoxy groups -OCH3 is 2. The molecule has 1 saturated carbocycles. The summed E-state index contributed by atoms with van der Waals surface area (Å²) in [5.41, 5.74) is 0.824. The van der Waals surface area contributed by atoms with Gasteiger partial charge >= 0.3 is 0 Å². The van der Waals surface area contributed by atoms with Gasteiger partial charge in [0.2, 0.25) is 0 Å². The molecule has 0 aromatic heterocycles. The van der Waals surface area contributed by atoms with Crippen LogP contribution < -0.4 is 9.47 Å². The van der Waals surface area contributed by atoms with Crippen LogP contribution in [0.4, 0.5) is 0 Å². The van der Waals surface area contributed by atoms with Crippen LogP contribution >= 0.6 is 0 Å². The second-order valence-electron chi connectivity index (χ2n) is 5.77. The summed E-state index contributed by atoms with van der Waals surface area (Å²) >= 11 is 0. The molecule has 0 saturated heterocycles. The molecule has 4 heteroatoms. The number of hydrogen-bond donors (Lipinski definition) is 1. The second-order valence-corrected chi connectivity index (χ2v) is 5.77. The highest BCUT2D eigenvalue weighted by atomic mass is 16.5. The molecule has 21 heavy (non-hydrogen) atoms. The molecule has 1 aromatic carbocycles. The van der Waals surface area contributed by atoms with Crippen molar-refractivity contribution in [2.45, 2.75) is 32.3 Å². The largest absolute Gasteiger partial charge is 0.497 e. The Hall–Kier alpha value is -1.26. The van der Waals surface area contributed by atoms with Crippen LogP contribution in [-0.4, -0.2) is 43.9 Å². The predicted octanol–water partition coefficient (Wildman–Crippen LogP) is 2.86. The van der Waals surface area contributed by atoms with Gasteiger partial charge < -0.3 is 19.5 Å². The minimum atomic E-state index is -0.536. The molecule has 0 spiro atoms. The molecule has 1 N–H and O–H groups in total. The van der Waals surface area contributed by atoms with Gasteiger partial charge in [-0.3, -0.25) is 0 Å². The summed E-state index contributed by atoms with van der Waals surface area (Å²) in [5.74, 6) is 2.24. The Labute approximate surface area is 127 Å². The Kier molecular flexibility index (Phi) is 5.88. The van der Waals surface area contributed by atoms with Crippen molar-refractivity contribution >= 4 is 0 Å². The van der Waals surface area contributed by atoms with Crippen LogP contribution in [0.3, 0.4) is 0 Å². The minimum absolute atomic E-state index is 0.536. The number of rotatable bonds is 8. The smallest absolute Gasteiger partial charge is 0.128 e. The SMILES string of the molecule is CCN(CC1CCC1)CC(O)c1ccc(OC)cc1OC. The number of hydrogen-bond acceptors (Lipinski definition) is 4. The van der Waals surface area contributed by atoms with Crippen molar-refractivity contribution in [2.24, 2.45) is 5.92 Å². The van der Waals surface area contributed by atoms with Gasteiger partial charge in [-0.25, -0.2) is 0 Å². The molecule has 0 heterocycles. The van der Waals surface area contributed by atoms with Gasteiger partial charge in [-0.2, -0.15) is 0 Å². The third kappa shape index (κ3) is 4.11. The Morgan fingerprint density at radius 1 is 1.29 bits per heavy atom. The average Bonchev–Trinajstić information content (AvgIpc) is 2.48. The van der Waals surface area contributed by atoms with E-state index in [0.717, 1.165) is 30.3 Å². The molecule has 0 radical (unpaired) electrons. The minimum Gasteiger partial charge on any atom is -0.497 e. The van der Waals surface area contributed by atoms with Gasteiger partial charge in [0.25, 0.3) is 0 Å². The van der Waals surface area contributed by atoms with Crippen LogP contribution in [0.25, 0.3) is 0 Å². The van der Waals surface area contributed by atoms with E-state index in [-0.39, 0.29) is 0 Å². The summed E-state index contributed by atoms with van der Waals surface area (Å²) in [7, 11) is 3.25. The fourth-order valence-electron chi connectivity index (χ4n) is 2.81. The first-order valence-electron chi connectivity index (χ1n) is 7.80. The monoisotopic (exact) mass is 293 g/mol. The molecule has 2 rings (SSSR count). The first-order chi connectivity index (χ1) is 10.2. The molecule has 0 amide bonds. The number of aliphatic hydroxyl groups is 1. The number of benzene rings is 1. The zero-order chi connectivity index (χ0) is 15.2. The molecule has 118 valence electrons. The Morgan fingerprint density at radius 3 is 2.57 bits per heavy atom. The molecular weight excluding hydrogens is 266 g/mol. The van der Waals surface area contributed by atoms with Gasteiger partial charge in [0.05, 0.1) is 20.3 Å². The molecule has 4 nitrogen and oxygen atoms in total. The maximum absolute atomic E-state index is 10.5. The zero-order valence-electron chi connectivity index (χ0n) is 13.3. The Balaban J connectivity index is 2.01. The number of likely N-dealkylation sites (N-methyl/N-ethyl adjacent to an activating group) is 1. The number of aliphatic hydroxyl groups excluding tert-OH is 1. The average molecular weight is 293 g/mol. The van der Waals surface area contributed by atoms with E-state index in [1.54, 1.807) is 14.2 Å². The van der Waals surface area contributed by atoms with Crippen molar-refractivity contribution in [3.63, 3.8) is 0 Å². The summed E-state index contributed by atoms with van der Waals surface area (Å²) in [6.45, 7) is 4.85. The van der Waals surface area contributed by atoms with E-state index in [0.29, 0.717) is 12.3 Å². The highest BCUT2D eigenvalue weighted by Gasteiger charge is 2.23. The van der Waals surface area contributed by atoms with Gasteiger partial charge in [0, 0.05) is 24.7 Å². The highest BCUT2D eigenvalue weighted by molar-refractivity contribution is 5.42. The predicted molar refractivity (Wildman–Crippen MR) is 84.0 cm³/mol. The van der Waals surface area contributed by atoms with Gasteiger partial charge in [0.1, 0.15) is 11.5 Å².